The van der Waals surface area contributed by atoms with Gasteiger partial charge in [-0.1, -0.05) is 27.7 Å². The maximum Gasteiger partial charge on any atom is 0.129 e. The number of rotatable bonds is 2. The predicted molar refractivity (Wildman–Crippen MR) is 86.0 cm³/mol. The summed E-state index contributed by atoms with van der Waals surface area (Å²) in [5, 5.41) is 0. The number of piperidine rings is 1. The zero-order valence-corrected chi connectivity index (χ0v) is 13.6. The molecule has 0 radical (unpaired) electrons. The molecule has 2 rings (SSSR count). The van der Waals surface area contributed by atoms with Gasteiger partial charge in [0.2, 0.25) is 0 Å². The van der Waals surface area contributed by atoms with Crippen LogP contribution in [0.25, 0.3) is 0 Å². The van der Waals surface area contributed by atoms with Gasteiger partial charge in [0.05, 0.1) is 0 Å². The van der Waals surface area contributed by atoms with Crippen LogP contribution in [-0.4, -0.2) is 17.6 Å². The largest absolute Gasteiger partial charge is 0.354 e. The Morgan fingerprint density at radius 3 is 2.60 bits per heavy atom. The first-order valence-corrected chi connectivity index (χ1v) is 7.81. The maximum absolute atomic E-state index is 5.88. The van der Waals surface area contributed by atoms with Gasteiger partial charge in [-0.2, -0.15) is 0 Å². The van der Waals surface area contributed by atoms with Crippen LogP contribution in [0, 0.1) is 5.92 Å². The number of nitrogens with two attached hydrogens (primary N) is 1. The molecule has 0 amide bonds. The van der Waals surface area contributed by atoms with Crippen molar-refractivity contribution in [3.05, 3.63) is 23.4 Å². The summed E-state index contributed by atoms with van der Waals surface area (Å²) < 4.78 is 0. The first-order valence-electron chi connectivity index (χ1n) is 7.81. The van der Waals surface area contributed by atoms with Crippen molar-refractivity contribution in [1.82, 2.24) is 4.98 Å². The van der Waals surface area contributed by atoms with Gasteiger partial charge in [0, 0.05) is 30.2 Å². The van der Waals surface area contributed by atoms with Crippen molar-refractivity contribution < 1.29 is 0 Å². The molecule has 1 fully saturated rings. The van der Waals surface area contributed by atoms with E-state index in [9.17, 15) is 0 Å². The zero-order valence-electron chi connectivity index (χ0n) is 13.6. The summed E-state index contributed by atoms with van der Waals surface area (Å²) in [6, 6.07) is 4.88. The first-order chi connectivity index (χ1) is 9.32. The molecule has 3 heteroatoms. The van der Waals surface area contributed by atoms with Crippen LogP contribution < -0.4 is 10.6 Å². The third kappa shape index (κ3) is 3.14. The molecule has 2 atom stereocenters. The number of anilines is 1. The van der Waals surface area contributed by atoms with E-state index in [1.807, 2.05) is 0 Å². The Morgan fingerprint density at radius 1 is 1.30 bits per heavy atom. The Balaban J connectivity index is 2.40. The van der Waals surface area contributed by atoms with Crippen molar-refractivity contribution >= 4 is 5.82 Å². The smallest absolute Gasteiger partial charge is 0.129 e. The van der Waals surface area contributed by atoms with E-state index in [0.29, 0.717) is 12.6 Å². The average molecular weight is 275 g/mol. The van der Waals surface area contributed by atoms with Gasteiger partial charge in [-0.3, -0.25) is 0 Å². The summed E-state index contributed by atoms with van der Waals surface area (Å²) in [4.78, 5) is 7.39. The van der Waals surface area contributed by atoms with Crippen LogP contribution in [-0.2, 0) is 12.0 Å². The molecule has 0 bridgehead atoms. The highest BCUT2D eigenvalue weighted by molar-refractivity contribution is 5.45. The van der Waals surface area contributed by atoms with Gasteiger partial charge < -0.3 is 10.6 Å². The Morgan fingerprint density at radius 2 is 2.00 bits per heavy atom. The van der Waals surface area contributed by atoms with Crippen molar-refractivity contribution in [2.45, 2.75) is 65.5 Å². The lowest BCUT2D eigenvalue weighted by Crippen LogP contribution is -2.43. The minimum absolute atomic E-state index is 0.0601. The SMILES string of the molecule is CC1CCCN(c2cc(CN)cc(C(C)(C)C)n2)C1C. The van der Waals surface area contributed by atoms with E-state index >= 15 is 0 Å². The van der Waals surface area contributed by atoms with E-state index in [2.05, 4.69) is 51.7 Å². The lowest BCUT2D eigenvalue weighted by atomic mass is 9.90. The number of hydrogen-bond donors (Lipinski definition) is 1. The van der Waals surface area contributed by atoms with E-state index in [0.717, 1.165) is 24.0 Å². The van der Waals surface area contributed by atoms with Gasteiger partial charge in [0.1, 0.15) is 5.82 Å². The highest BCUT2D eigenvalue weighted by atomic mass is 15.2. The van der Waals surface area contributed by atoms with Crippen molar-refractivity contribution in [3.63, 3.8) is 0 Å². The monoisotopic (exact) mass is 275 g/mol. The standard InChI is InChI=1S/C17H29N3/c1-12-7-6-8-20(13(12)2)16-10-14(11-18)9-15(19-16)17(3,4)5/h9-10,12-13H,6-8,11,18H2,1-5H3. The molecular weight excluding hydrogens is 246 g/mol. The zero-order chi connectivity index (χ0) is 14.9. The molecule has 0 aromatic carbocycles. The topological polar surface area (TPSA) is 42.1 Å². The minimum Gasteiger partial charge on any atom is -0.354 e. The molecule has 1 aromatic heterocycles. The van der Waals surface area contributed by atoms with Crippen molar-refractivity contribution in [2.24, 2.45) is 11.7 Å². The number of aromatic nitrogens is 1. The Kier molecular flexibility index (Phi) is 4.38. The number of hydrogen-bond acceptors (Lipinski definition) is 3. The summed E-state index contributed by atoms with van der Waals surface area (Å²) in [5.41, 5.74) is 8.26. The van der Waals surface area contributed by atoms with Gasteiger partial charge in [-0.15, -0.1) is 0 Å². The van der Waals surface area contributed by atoms with Crippen molar-refractivity contribution in [1.29, 1.82) is 0 Å². The lowest BCUT2D eigenvalue weighted by Gasteiger charge is -2.39. The molecular formula is C17H29N3. The van der Waals surface area contributed by atoms with E-state index in [1.165, 1.54) is 18.4 Å². The molecule has 0 spiro atoms. The van der Waals surface area contributed by atoms with E-state index < -0.39 is 0 Å². The van der Waals surface area contributed by atoms with Gasteiger partial charge in [0.25, 0.3) is 0 Å². The molecule has 3 nitrogen and oxygen atoms in total. The normalized spacial score (nSPS) is 24.0. The van der Waals surface area contributed by atoms with Crippen molar-refractivity contribution in [2.75, 3.05) is 11.4 Å². The predicted octanol–water partition coefficient (Wildman–Crippen LogP) is 3.46. The molecule has 0 saturated carbocycles. The van der Waals surface area contributed by atoms with Gasteiger partial charge >= 0.3 is 0 Å². The maximum atomic E-state index is 5.88. The molecule has 0 aliphatic carbocycles. The minimum atomic E-state index is 0.0601. The molecule has 2 N–H and O–H groups in total. The van der Waals surface area contributed by atoms with E-state index in [1.54, 1.807) is 0 Å². The summed E-state index contributed by atoms with van der Waals surface area (Å²) >= 11 is 0. The van der Waals surface area contributed by atoms with Crippen LogP contribution in [0.4, 0.5) is 5.82 Å². The molecule has 2 unspecified atom stereocenters. The second-order valence-corrected chi connectivity index (χ2v) is 7.23. The van der Waals surface area contributed by atoms with Crippen LogP contribution in [0.15, 0.2) is 12.1 Å². The fraction of sp³-hybridized carbons (Fsp3) is 0.706. The Bertz CT molecular complexity index is 462. The molecule has 1 aliphatic rings. The fourth-order valence-electron chi connectivity index (χ4n) is 2.88. The quantitative estimate of drug-likeness (QED) is 0.898. The third-order valence-electron chi connectivity index (χ3n) is 4.54. The molecule has 1 saturated heterocycles. The van der Waals surface area contributed by atoms with Crippen LogP contribution >= 0.6 is 0 Å². The lowest BCUT2D eigenvalue weighted by molar-refractivity contribution is 0.361. The summed E-state index contributed by atoms with van der Waals surface area (Å²) in [6.45, 7) is 13.0. The highest BCUT2D eigenvalue weighted by Crippen LogP contribution is 2.30. The van der Waals surface area contributed by atoms with E-state index in [-0.39, 0.29) is 5.41 Å². The van der Waals surface area contributed by atoms with Crippen LogP contribution in [0.1, 0.15) is 58.7 Å². The number of nitrogens with zero attached hydrogens (tertiary/aromatic N) is 2. The second-order valence-electron chi connectivity index (χ2n) is 7.23. The van der Waals surface area contributed by atoms with Crippen LogP contribution in [0.5, 0.6) is 0 Å². The third-order valence-corrected chi connectivity index (χ3v) is 4.54. The molecule has 2 heterocycles. The summed E-state index contributed by atoms with van der Waals surface area (Å²) in [5.74, 6) is 1.84. The summed E-state index contributed by atoms with van der Waals surface area (Å²) in [6.07, 6.45) is 2.57. The first kappa shape index (κ1) is 15.3. The Hall–Kier alpha value is -1.09. The van der Waals surface area contributed by atoms with Crippen LogP contribution in [0.3, 0.4) is 0 Å². The second kappa shape index (κ2) is 5.72. The molecule has 112 valence electrons. The average Bonchev–Trinajstić information content (AvgIpc) is 2.40. The molecule has 20 heavy (non-hydrogen) atoms. The molecule has 1 aliphatic heterocycles. The fourth-order valence-corrected chi connectivity index (χ4v) is 2.88. The van der Waals surface area contributed by atoms with E-state index in [4.69, 9.17) is 10.7 Å². The summed E-state index contributed by atoms with van der Waals surface area (Å²) in [7, 11) is 0. The van der Waals surface area contributed by atoms with Gasteiger partial charge in [-0.25, -0.2) is 4.98 Å². The van der Waals surface area contributed by atoms with Crippen molar-refractivity contribution in [3.8, 4) is 0 Å². The van der Waals surface area contributed by atoms with Crippen LogP contribution in [0.2, 0.25) is 0 Å². The number of pyridine rings is 1. The van der Waals surface area contributed by atoms with Gasteiger partial charge in [-0.05, 0) is 43.4 Å². The molecule has 1 aromatic rings. The highest BCUT2D eigenvalue weighted by Gasteiger charge is 2.27. The Labute approximate surface area is 123 Å². The van der Waals surface area contributed by atoms with Gasteiger partial charge in [0.15, 0.2) is 0 Å².